The van der Waals surface area contributed by atoms with Crippen LogP contribution in [-0.4, -0.2) is 11.5 Å². The van der Waals surface area contributed by atoms with Gasteiger partial charge in [-0.25, -0.2) is 4.39 Å². The van der Waals surface area contributed by atoms with Gasteiger partial charge in [0.1, 0.15) is 5.82 Å². The third-order valence-electron chi connectivity index (χ3n) is 3.11. The summed E-state index contributed by atoms with van der Waals surface area (Å²) < 4.78 is 13.2. The molecule has 2 aromatic carbocycles. The van der Waals surface area contributed by atoms with E-state index in [1.165, 1.54) is 6.07 Å². The summed E-state index contributed by atoms with van der Waals surface area (Å²) >= 11 is 10.8. The molecular formula is C16H16ClFN2S. The topological polar surface area (TPSA) is 29.3 Å². The summed E-state index contributed by atoms with van der Waals surface area (Å²) in [5, 5.41) is 0.134. The second kappa shape index (κ2) is 7.38. The molecule has 0 spiro atoms. The van der Waals surface area contributed by atoms with Crippen LogP contribution < -0.4 is 10.6 Å². The number of thiocarbonyl (C=S) groups is 1. The average molecular weight is 323 g/mol. The Morgan fingerprint density at radius 1 is 1.19 bits per heavy atom. The number of rotatable bonds is 6. The number of nitrogens with two attached hydrogens (primary N) is 1. The number of hydrogen-bond acceptors (Lipinski definition) is 2. The zero-order valence-corrected chi connectivity index (χ0v) is 13.0. The lowest BCUT2D eigenvalue weighted by Crippen LogP contribution is -2.27. The molecule has 0 atom stereocenters. The summed E-state index contributed by atoms with van der Waals surface area (Å²) in [5.74, 6) is -0.408. The maximum absolute atomic E-state index is 13.2. The van der Waals surface area contributed by atoms with E-state index in [-0.39, 0.29) is 5.02 Å². The fourth-order valence-corrected chi connectivity index (χ4v) is 2.34. The molecule has 5 heteroatoms. The summed E-state index contributed by atoms with van der Waals surface area (Å²) in [6, 6.07) is 14.7. The largest absolute Gasteiger partial charge is 0.393 e. The predicted molar refractivity (Wildman–Crippen MR) is 90.3 cm³/mol. The van der Waals surface area contributed by atoms with Gasteiger partial charge in [-0.15, -0.1) is 0 Å². The number of anilines is 1. The molecule has 2 nitrogen and oxygen atoms in total. The van der Waals surface area contributed by atoms with Crippen molar-refractivity contribution >= 4 is 34.5 Å². The zero-order valence-electron chi connectivity index (χ0n) is 11.4. The Morgan fingerprint density at radius 3 is 2.52 bits per heavy atom. The van der Waals surface area contributed by atoms with Crippen LogP contribution in [0.5, 0.6) is 0 Å². The molecule has 0 aliphatic carbocycles. The third kappa shape index (κ3) is 4.69. The maximum atomic E-state index is 13.2. The van der Waals surface area contributed by atoms with E-state index in [0.717, 1.165) is 11.3 Å². The quantitative estimate of drug-likeness (QED) is 0.810. The first-order valence-electron chi connectivity index (χ1n) is 6.58. The van der Waals surface area contributed by atoms with Crippen molar-refractivity contribution in [2.24, 2.45) is 5.73 Å². The van der Waals surface area contributed by atoms with Crippen molar-refractivity contribution < 1.29 is 4.39 Å². The number of nitrogens with zero attached hydrogens (tertiary/aromatic N) is 1. The summed E-state index contributed by atoms with van der Waals surface area (Å²) in [6.07, 6.45) is 0.624. The number of para-hydroxylation sites is 1. The lowest BCUT2D eigenvalue weighted by molar-refractivity contribution is 0.627. The zero-order chi connectivity index (χ0) is 15.2. The van der Waals surface area contributed by atoms with E-state index in [4.69, 9.17) is 29.6 Å². The van der Waals surface area contributed by atoms with E-state index in [9.17, 15) is 4.39 Å². The Morgan fingerprint density at radius 2 is 1.90 bits per heavy atom. The number of halogens is 2. The van der Waals surface area contributed by atoms with Crippen LogP contribution in [-0.2, 0) is 6.54 Å². The highest BCUT2D eigenvalue weighted by atomic mass is 35.5. The van der Waals surface area contributed by atoms with Crippen molar-refractivity contribution in [2.75, 3.05) is 11.4 Å². The van der Waals surface area contributed by atoms with Crippen LogP contribution >= 0.6 is 23.8 Å². The Balaban J connectivity index is 2.18. The van der Waals surface area contributed by atoms with Gasteiger partial charge in [0.2, 0.25) is 0 Å². The predicted octanol–water partition coefficient (Wildman–Crippen LogP) is 4.16. The van der Waals surface area contributed by atoms with Crippen molar-refractivity contribution in [1.82, 2.24) is 0 Å². The van der Waals surface area contributed by atoms with Gasteiger partial charge >= 0.3 is 0 Å². The van der Waals surface area contributed by atoms with Crippen molar-refractivity contribution in [3.8, 4) is 0 Å². The first-order chi connectivity index (χ1) is 10.1. The van der Waals surface area contributed by atoms with Crippen LogP contribution in [0.4, 0.5) is 10.1 Å². The molecule has 0 amide bonds. The lowest BCUT2D eigenvalue weighted by Gasteiger charge is -2.25. The summed E-state index contributed by atoms with van der Waals surface area (Å²) in [6.45, 7) is 1.32. The van der Waals surface area contributed by atoms with E-state index < -0.39 is 5.82 Å². The molecule has 2 rings (SSSR count). The first kappa shape index (κ1) is 15.7. The Kier molecular flexibility index (Phi) is 5.53. The monoisotopic (exact) mass is 322 g/mol. The minimum absolute atomic E-state index is 0.134. The van der Waals surface area contributed by atoms with Crippen LogP contribution in [0, 0.1) is 5.82 Å². The van der Waals surface area contributed by atoms with Crippen molar-refractivity contribution in [3.63, 3.8) is 0 Å². The SMILES string of the molecule is NC(=S)CCN(Cc1ccc(F)c(Cl)c1)c1ccccc1. The van der Waals surface area contributed by atoms with Crippen LogP contribution in [0.2, 0.25) is 5.02 Å². The average Bonchev–Trinajstić information content (AvgIpc) is 2.48. The minimum atomic E-state index is -0.408. The second-order valence-electron chi connectivity index (χ2n) is 4.72. The molecule has 0 saturated heterocycles. The van der Waals surface area contributed by atoms with Gasteiger partial charge in [0.25, 0.3) is 0 Å². The van der Waals surface area contributed by atoms with Gasteiger partial charge in [-0.3, -0.25) is 0 Å². The molecule has 0 aliphatic heterocycles. The normalized spacial score (nSPS) is 10.4. The van der Waals surface area contributed by atoms with Gasteiger partial charge in [-0.05, 0) is 29.8 Å². The molecule has 2 aromatic rings. The van der Waals surface area contributed by atoms with E-state index in [1.54, 1.807) is 12.1 Å². The first-order valence-corrected chi connectivity index (χ1v) is 7.37. The second-order valence-corrected chi connectivity index (χ2v) is 5.65. The highest BCUT2D eigenvalue weighted by Gasteiger charge is 2.09. The molecule has 21 heavy (non-hydrogen) atoms. The maximum Gasteiger partial charge on any atom is 0.141 e. The smallest absolute Gasteiger partial charge is 0.141 e. The fraction of sp³-hybridized carbons (Fsp3) is 0.188. The molecule has 0 aromatic heterocycles. The Bertz CT molecular complexity index is 619. The van der Waals surface area contributed by atoms with Gasteiger partial charge in [-0.1, -0.05) is 48.1 Å². The van der Waals surface area contributed by atoms with Crippen molar-refractivity contribution in [3.05, 3.63) is 64.9 Å². The molecule has 0 aliphatic rings. The number of hydrogen-bond donors (Lipinski definition) is 1. The fourth-order valence-electron chi connectivity index (χ4n) is 2.04. The van der Waals surface area contributed by atoms with E-state index in [1.807, 2.05) is 30.3 Å². The van der Waals surface area contributed by atoms with Gasteiger partial charge < -0.3 is 10.6 Å². The Labute approximate surface area is 134 Å². The molecule has 110 valence electrons. The van der Waals surface area contributed by atoms with Gasteiger partial charge in [-0.2, -0.15) is 0 Å². The van der Waals surface area contributed by atoms with Crippen LogP contribution in [0.1, 0.15) is 12.0 Å². The highest BCUT2D eigenvalue weighted by Crippen LogP contribution is 2.21. The van der Waals surface area contributed by atoms with Gasteiger partial charge in [0, 0.05) is 25.2 Å². The molecule has 0 unspecified atom stereocenters. The molecular weight excluding hydrogens is 307 g/mol. The molecule has 0 radical (unpaired) electrons. The minimum Gasteiger partial charge on any atom is -0.393 e. The summed E-state index contributed by atoms with van der Waals surface area (Å²) in [5.41, 5.74) is 7.59. The number of benzene rings is 2. The molecule has 0 bridgehead atoms. The third-order valence-corrected chi connectivity index (χ3v) is 3.60. The van der Waals surface area contributed by atoms with Crippen LogP contribution in [0.15, 0.2) is 48.5 Å². The van der Waals surface area contributed by atoms with E-state index in [0.29, 0.717) is 24.5 Å². The van der Waals surface area contributed by atoms with Crippen LogP contribution in [0.25, 0.3) is 0 Å². The molecule has 0 heterocycles. The molecule has 0 saturated carbocycles. The molecule has 0 fully saturated rings. The van der Waals surface area contributed by atoms with Crippen molar-refractivity contribution in [1.29, 1.82) is 0 Å². The Hall–Kier alpha value is -1.65. The van der Waals surface area contributed by atoms with Gasteiger partial charge in [0.15, 0.2) is 0 Å². The van der Waals surface area contributed by atoms with Crippen LogP contribution in [0.3, 0.4) is 0 Å². The lowest BCUT2D eigenvalue weighted by atomic mass is 10.2. The van der Waals surface area contributed by atoms with E-state index >= 15 is 0 Å². The molecule has 2 N–H and O–H groups in total. The summed E-state index contributed by atoms with van der Waals surface area (Å²) in [7, 11) is 0. The van der Waals surface area contributed by atoms with Crippen molar-refractivity contribution in [2.45, 2.75) is 13.0 Å². The summed E-state index contributed by atoms with van der Waals surface area (Å²) in [4.78, 5) is 2.62. The van der Waals surface area contributed by atoms with E-state index in [2.05, 4.69) is 4.90 Å². The highest BCUT2D eigenvalue weighted by molar-refractivity contribution is 7.80. The van der Waals surface area contributed by atoms with Gasteiger partial charge in [0.05, 0.1) is 10.0 Å². The standard InChI is InChI=1S/C16H16ClFN2S/c17-14-10-12(6-7-15(14)18)11-20(9-8-16(19)21)13-4-2-1-3-5-13/h1-7,10H,8-9,11H2,(H2,19,21).